The Morgan fingerprint density at radius 3 is 2.58 bits per heavy atom. The number of benzene rings is 1. The second kappa shape index (κ2) is 15.1. The highest BCUT2D eigenvalue weighted by Gasteiger charge is 2.54. The molecule has 5 rings (SSSR count). The van der Waals surface area contributed by atoms with Gasteiger partial charge in [0.25, 0.3) is 17.7 Å². The molecule has 0 saturated carbocycles. The van der Waals surface area contributed by atoms with Gasteiger partial charge in [-0.3, -0.25) is 19.3 Å². The number of aromatic nitrogens is 1. The van der Waals surface area contributed by atoms with Gasteiger partial charge in [-0.05, 0) is 12.1 Å². The van der Waals surface area contributed by atoms with Gasteiger partial charge in [0.1, 0.15) is 23.7 Å². The summed E-state index contributed by atoms with van der Waals surface area (Å²) >= 11 is 8.12. The Balaban J connectivity index is 1.31. The number of nitrogens with one attached hydrogen (secondary N) is 2. The van der Waals surface area contributed by atoms with Crippen molar-refractivity contribution < 1.29 is 53.7 Å². The molecule has 4 heterocycles. The third kappa shape index (κ3) is 7.43. The number of carboxylic acid groups (broad SMARTS) is 2. The summed E-state index contributed by atoms with van der Waals surface area (Å²) < 4.78 is 0.627. The molecule has 0 aliphatic carbocycles. The number of nitrogen functional groups attached to an aromatic ring is 1. The number of oxime groups is 1. The van der Waals surface area contributed by atoms with Crippen LogP contribution in [0, 0.1) is 0 Å². The second-order valence-corrected chi connectivity index (χ2v) is 14.1. The largest absolute Gasteiger partial charge is 0.543 e. The number of hydrogen-bond donors (Lipinski definition) is 7. The zero-order valence-corrected chi connectivity index (χ0v) is 28.6. The molecule has 2 saturated heterocycles. The van der Waals surface area contributed by atoms with E-state index in [0.29, 0.717) is 29.7 Å². The summed E-state index contributed by atoms with van der Waals surface area (Å²) in [5, 5.41) is 50.0. The van der Waals surface area contributed by atoms with Gasteiger partial charge in [-0.25, -0.2) is 9.78 Å². The van der Waals surface area contributed by atoms with Gasteiger partial charge in [-0.2, -0.15) is 0 Å². The molecular weight excluding hydrogens is 720 g/mol. The van der Waals surface area contributed by atoms with Crippen LogP contribution in [0.1, 0.15) is 28.9 Å². The van der Waals surface area contributed by atoms with Gasteiger partial charge in [0.15, 0.2) is 22.3 Å². The molecule has 21 heteroatoms. The third-order valence-corrected chi connectivity index (χ3v) is 10.9. The van der Waals surface area contributed by atoms with Crippen molar-refractivity contribution >= 4 is 75.2 Å². The molecule has 2 fully saturated rings. The Morgan fingerprint density at radius 2 is 1.96 bits per heavy atom. The van der Waals surface area contributed by atoms with Crippen LogP contribution in [0.5, 0.6) is 11.5 Å². The SMILES string of the molecule is NCC[N+]1(CC2=C(C(=O)[O-])N3C(=O)[C@@H](NC(=O)/C(=N\O[C@@H](CNC(=O)c4ccc(O)c(O)c4Cl)C(=O)O)c4csc(N)n4)[C@H]3SC2)CCCC1. The zero-order chi connectivity index (χ0) is 36.3. The van der Waals surface area contributed by atoms with E-state index in [1.165, 1.54) is 17.1 Å². The van der Waals surface area contributed by atoms with Gasteiger partial charge in [0.05, 0.1) is 48.4 Å². The van der Waals surface area contributed by atoms with Crippen molar-refractivity contribution in [1.82, 2.24) is 20.5 Å². The van der Waals surface area contributed by atoms with Crippen LogP contribution in [-0.4, -0.2) is 128 Å². The number of thioether (sulfide) groups is 1. The number of nitrogens with zero attached hydrogens (tertiary/aromatic N) is 4. The summed E-state index contributed by atoms with van der Waals surface area (Å²) in [7, 11) is 0. The minimum atomic E-state index is -1.85. The van der Waals surface area contributed by atoms with Crippen molar-refractivity contribution in [1.29, 1.82) is 0 Å². The van der Waals surface area contributed by atoms with E-state index in [4.69, 9.17) is 27.9 Å². The van der Waals surface area contributed by atoms with Gasteiger partial charge in [0, 0.05) is 36.1 Å². The summed E-state index contributed by atoms with van der Waals surface area (Å²) in [5.74, 6) is -6.74. The smallest absolute Gasteiger partial charge is 0.349 e. The van der Waals surface area contributed by atoms with Gasteiger partial charge >= 0.3 is 5.97 Å². The summed E-state index contributed by atoms with van der Waals surface area (Å²) in [5.41, 5.74) is 11.0. The molecule has 0 radical (unpaired) electrons. The number of amides is 3. The average Bonchev–Trinajstić information content (AvgIpc) is 3.72. The van der Waals surface area contributed by atoms with E-state index in [0.717, 1.165) is 54.3 Å². The topological polar surface area (TPSA) is 283 Å². The molecule has 3 atom stereocenters. The van der Waals surface area contributed by atoms with Crippen molar-refractivity contribution in [2.75, 3.05) is 50.8 Å². The molecular formula is C29H33ClN8O10S2. The van der Waals surface area contributed by atoms with Crippen molar-refractivity contribution in [2.24, 2.45) is 10.9 Å². The van der Waals surface area contributed by atoms with E-state index >= 15 is 0 Å². The molecule has 1 aromatic carbocycles. The quantitative estimate of drug-likeness (QED) is 0.0375. The highest BCUT2D eigenvalue weighted by molar-refractivity contribution is 8.00. The zero-order valence-electron chi connectivity index (χ0n) is 26.2. The van der Waals surface area contributed by atoms with Crippen LogP contribution in [0.4, 0.5) is 5.13 Å². The number of halogens is 1. The van der Waals surface area contributed by atoms with E-state index in [2.05, 4.69) is 20.8 Å². The summed E-state index contributed by atoms with van der Waals surface area (Å²) in [6, 6.07) is 0.935. The van der Waals surface area contributed by atoms with Crippen LogP contribution in [-0.2, 0) is 24.0 Å². The van der Waals surface area contributed by atoms with Crippen LogP contribution in [0.25, 0.3) is 0 Å². The number of anilines is 1. The lowest BCUT2D eigenvalue weighted by Gasteiger charge is -2.51. The number of β-lactam (4-membered cyclic amide) rings is 1. The Labute approximate surface area is 297 Å². The standard InChI is InChI=1S/C29H33ClN8O10S2/c30-18-14(3-4-16(39)22(18)40)23(41)33-9-17(27(44)45)48-36-19(15-12-50-29(32)34-15)24(42)35-20-25(43)37-21(28(46)47)13(11-49-26(20)37)10-38(8-5-31)6-1-2-7-38/h3-4,12,17,20,26H,1-2,5-11,31H2,(H7-,32,33,34,35,36,39,40,41,42,44,45,46,47)/t17-,20+,26+/m0/s1. The number of carboxylic acids is 2. The Kier molecular flexibility index (Phi) is 11.1. The number of thiazole rings is 1. The van der Waals surface area contributed by atoms with Crippen molar-refractivity contribution in [3.05, 3.63) is 45.1 Å². The van der Waals surface area contributed by atoms with Gasteiger partial charge in [-0.15, -0.1) is 23.1 Å². The molecule has 0 spiro atoms. The highest BCUT2D eigenvalue weighted by atomic mass is 35.5. The fraction of sp³-hybridized carbons (Fsp3) is 0.414. The number of aliphatic carboxylic acids is 2. The molecule has 0 unspecified atom stereocenters. The number of carbonyl (C=O) groups is 5. The number of phenols is 2. The molecule has 1 aromatic heterocycles. The molecule has 0 bridgehead atoms. The number of phenolic OH excluding ortho intramolecular Hbond substituents is 2. The van der Waals surface area contributed by atoms with E-state index in [1.807, 2.05) is 0 Å². The minimum Gasteiger partial charge on any atom is -0.543 e. The average molecular weight is 753 g/mol. The number of rotatable bonds is 14. The number of carbonyl (C=O) groups excluding carboxylic acids is 4. The molecule has 3 aliphatic heterocycles. The van der Waals surface area contributed by atoms with Crippen LogP contribution in [0.2, 0.25) is 5.02 Å². The van der Waals surface area contributed by atoms with Crippen molar-refractivity contribution in [2.45, 2.75) is 30.4 Å². The number of nitrogens with two attached hydrogens (primary N) is 2. The first-order valence-electron chi connectivity index (χ1n) is 15.2. The van der Waals surface area contributed by atoms with E-state index in [9.17, 15) is 44.4 Å². The fourth-order valence-corrected chi connectivity index (χ4v) is 8.17. The van der Waals surface area contributed by atoms with Crippen molar-refractivity contribution in [3.63, 3.8) is 0 Å². The Hall–Kier alpha value is -4.63. The molecule has 2 aromatic rings. The number of quaternary nitrogens is 1. The summed E-state index contributed by atoms with van der Waals surface area (Å²) in [4.78, 5) is 74.0. The van der Waals surface area contributed by atoms with Crippen LogP contribution in [0.15, 0.2) is 33.9 Å². The van der Waals surface area contributed by atoms with E-state index in [1.54, 1.807) is 0 Å². The molecule has 50 heavy (non-hydrogen) atoms. The number of likely N-dealkylation sites (tertiary alicyclic amines) is 1. The monoisotopic (exact) mass is 752 g/mol. The molecule has 3 aliphatic rings. The normalized spacial score (nSPS) is 20.5. The van der Waals surface area contributed by atoms with E-state index < -0.39 is 76.0 Å². The van der Waals surface area contributed by atoms with Crippen molar-refractivity contribution in [3.8, 4) is 11.5 Å². The Bertz CT molecular complexity index is 1780. The van der Waals surface area contributed by atoms with Crippen LogP contribution < -0.4 is 27.2 Å². The van der Waals surface area contributed by atoms with Crippen LogP contribution in [0.3, 0.4) is 0 Å². The highest BCUT2D eigenvalue weighted by Crippen LogP contribution is 2.41. The number of aromatic hydroxyl groups is 2. The van der Waals surface area contributed by atoms with Gasteiger partial charge in [0.2, 0.25) is 6.10 Å². The lowest BCUT2D eigenvalue weighted by Crippen LogP contribution is -2.72. The number of fused-ring (bicyclic) bond motifs is 1. The third-order valence-electron chi connectivity index (χ3n) is 8.49. The first-order chi connectivity index (χ1) is 23.8. The molecule has 3 amide bonds. The maximum Gasteiger partial charge on any atom is 0.349 e. The predicted molar refractivity (Wildman–Crippen MR) is 178 cm³/mol. The molecule has 9 N–H and O–H groups in total. The summed E-state index contributed by atoms with van der Waals surface area (Å²) in [6.07, 6.45) is 0.119. The maximum absolute atomic E-state index is 13.5. The Morgan fingerprint density at radius 1 is 1.24 bits per heavy atom. The predicted octanol–water partition coefficient (Wildman–Crippen LogP) is -1.63. The minimum absolute atomic E-state index is 0.0367. The lowest BCUT2D eigenvalue weighted by atomic mass is 10.0. The second-order valence-electron chi connectivity index (χ2n) is 11.7. The maximum atomic E-state index is 13.5. The fourth-order valence-electron chi connectivity index (χ4n) is 6.05. The first kappa shape index (κ1) is 36.6. The molecule has 18 nitrogen and oxygen atoms in total. The van der Waals surface area contributed by atoms with Gasteiger partial charge < -0.3 is 56.6 Å². The van der Waals surface area contributed by atoms with E-state index in [-0.39, 0.29) is 27.8 Å². The lowest BCUT2D eigenvalue weighted by molar-refractivity contribution is -0.910. The number of hydrogen-bond acceptors (Lipinski definition) is 15. The molecule has 268 valence electrons. The van der Waals surface area contributed by atoms with Crippen LogP contribution >= 0.6 is 34.7 Å². The van der Waals surface area contributed by atoms with Gasteiger partial charge in [-0.1, -0.05) is 16.8 Å². The summed E-state index contributed by atoms with van der Waals surface area (Å²) in [6.45, 7) is 2.52. The first-order valence-corrected chi connectivity index (χ1v) is 17.5.